The van der Waals surface area contributed by atoms with Crippen LogP contribution in [0.1, 0.15) is 97.2 Å². The Balaban J connectivity index is 0.000000144. The molecule has 0 bridgehead atoms. The van der Waals surface area contributed by atoms with Crippen LogP contribution < -0.4 is 9.80 Å². The SMILES string of the molecule is CC1(C)c2cc(-c3ccc4ccccc4c3)ccc2-c2ccc(N(c3ccc(-c4ccc(-c5ccccc5)cc4)cc3)c3ccc4c(c3)C(C)(C)c3cc5c(cc3-4)C(C)(C)c3ccccc3-5)cc21.c1ccc(-c2ccc(-c3ccc(N(c4ccc(-c5ccc(-c6ccccc6)cc5)cc4)c4ccc5c(c4)C4(c6ccccc6-c6ccccc64)c4cc(-c6ccc7ccccc7c6)ccc4-5)cc3)cc2)cc1. The molecule has 0 N–H and O–H groups in total. The first-order valence-corrected chi connectivity index (χ1v) is 49.2. The normalized spacial score (nSPS) is 13.7. The third-order valence-corrected chi connectivity index (χ3v) is 31.4. The molecule has 0 saturated heterocycles. The molecule has 0 fully saturated rings. The second-order valence-electron chi connectivity index (χ2n) is 40.2. The molecule has 0 heterocycles. The van der Waals surface area contributed by atoms with Crippen molar-refractivity contribution in [2.45, 2.75) is 63.2 Å². The van der Waals surface area contributed by atoms with Crippen molar-refractivity contribution in [3.05, 3.63) is 553 Å². The van der Waals surface area contributed by atoms with Crippen molar-refractivity contribution in [3.63, 3.8) is 0 Å². The summed E-state index contributed by atoms with van der Waals surface area (Å²) in [5, 5.41) is 5.03. The van der Waals surface area contributed by atoms with Gasteiger partial charge in [-0.2, -0.15) is 0 Å². The Morgan fingerprint density at radius 2 is 0.329 bits per heavy atom. The van der Waals surface area contributed by atoms with Gasteiger partial charge in [0, 0.05) is 50.4 Å². The van der Waals surface area contributed by atoms with Crippen molar-refractivity contribution >= 4 is 55.7 Å². The van der Waals surface area contributed by atoms with Gasteiger partial charge in [0.1, 0.15) is 0 Å². The van der Waals surface area contributed by atoms with Crippen molar-refractivity contribution in [1.82, 2.24) is 0 Å². The highest BCUT2D eigenvalue weighted by Crippen LogP contribution is 2.65. The molecule has 0 amide bonds. The molecular weight excluding hydrogens is 1690 g/mol. The van der Waals surface area contributed by atoms with Crippen LogP contribution in [-0.2, 0) is 21.7 Å². The fourth-order valence-corrected chi connectivity index (χ4v) is 24.0. The number of hydrogen-bond donors (Lipinski definition) is 0. The fraction of sp³-hybridized carbons (Fsp3) is 0.0725. The topological polar surface area (TPSA) is 6.48 Å². The van der Waals surface area contributed by atoms with Crippen LogP contribution in [0, 0.1) is 0 Å². The van der Waals surface area contributed by atoms with E-state index in [9.17, 15) is 0 Å². The van der Waals surface area contributed by atoms with Gasteiger partial charge in [0.05, 0.1) is 5.41 Å². The van der Waals surface area contributed by atoms with Crippen LogP contribution in [0.15, 0.2) is 497 Å². The predicted octanol–water partition coefficient (Wildman–Crippen LogP) is 37.2. The van der Waals surface area contributed by atoms with Gasteiger partial charge >= 0.3 is 0 Å². The quantitative estimate of drug-likeness (QED) is 0.107. The molecule has 0 atom stereocenters. The molecule has 0 saturated carbocycles. The van der Waals surface area contributed by atoms with Gasteiger partial charge in [0.25, 0.3) is 0 Å². The summed E-state index contributed by atoms with van der Waals surface area (Å²) in [6, 6.07) is 185. The van der Waals surface area contributed by atoms with E-state index in [1.165, 1.54) is 222 Å². The Kier molecular flexibility index (Phi) is 19.6. The lowest BCUT2D eigenvalue weighted by atomic mass is 9.70. The first-order valence-electron chi connectivity index (χ1n) is 49.2. The Labute approximate surface area is 820 Å². The monoisotopic (exact) mass is 1780 g/mol. The fourth-order valence-electron chi connectivity index (χ4n) is 24.0. The minimum Gasteiger partial charge on any atom is -0.310 e. The van der Waals surface area contributed by atoms with E-state index in [2.05, 4.69) is 549 Å². The maximum absolute atomic E-state index is 2.52. The second kappa shape index (κ2) is 32.9. The van der Waals surface area contributed by atoms with Crippen molar-refractivity contribution in [1.29, 1.82) is 0 Å². The maximum atomic E-state index is 2.52. The average Bonchev–Trinajstić information content (AvgIpc) is 1.50. The van der Waals surface area contributed by atoms with E-state index in [0.29, 0.717) is 0 Å². The summed E-state index contributed by atoms with van der Waals surface area (Å²) in [4.78, 5) is 4.93. The minimum atomic E-state index is -0.530. The zero-order valence-electron chi connectivity index (χ0n) is 79.2. The van der Waals surface area contributed by atoms with Crippen LogP contribution in [0.4, 0.5) is 34.1 Å². The molecule has 0 aliphatic heterocycles. The number of anilines is 6. The van der Waals surface area contributed by atoms with Crippen LogP contribution in [0.3, 0.4) is 0 Å². The molecule has 22 aromatic rings. The first kappa shape index (κ1) is 83.5. The highest BCUT2D eigenvalue weighted by molar-refractivity contribution is 6.01. The second-order valence-corrected chi connectivity index (χ2v) is 40.2. The van der Waals surface area contributed by atoms with Crippen molar-refractivity contribution in [3.8, 4) is 145 Å². The van der Waals surface area contributed by atoms with Gasteiger partial charge in [-0.3, -0.25) is 0 Å². The third kappa shape index (κ3) is 13.7. The summed E-state index contributed by atoms with van der Waals surface area (Å²) in [5.74, 6) is 0. The summed E-state index contributed by atoms with van der Waals surface area (Å²) in [6.07, 6.45) is 0. The molecule has 22 aromatic carbocycles. The Morgan fingerprint density at radius 3 is 0.700 bits per heavy atom. The molecule has 662 valence electrons. The van der Waals surface area contributed by atoms with E-state index in [0.717, 1.165) is 34.1 Å². The van der Waals surface area contributed by atoms with Crippen LogP contribution in [-0.4, -0.2) is 0 Å². The summed E-state index contributed by atoms with van der Waals surface area (Å²) in [7, 11) is 0. The lowest BCUT2D eigenvalue weighted by Gasteiger charge is -2.32. The number of hydrogen-bond acceptors (Lipinski definition) is 2. The van der Waals surface area contributed by atoms with E-state index in [4.69, 9.17) is 0 Å². The molecule has 1 spiro atoms. The third-order valence-electron chi connectivity index (χ3n) is 31.4. The zero-order valence-corrected chi connectivity index (χ0v) is 79.2. The van der Waals surface area contributed by atoms with Gasteiger partial charge in [-0.25, -0.2) is 0 Å². The molecule has 27 rings (SSSR count). The molecular formula is C138H100N2. The van der Waals surface area contributed by atoms with Crippen molar-refractivity contribution < 1.29 is 0 Å². The average molecular weight is 1790 g/mol. The predicted molar refractivity (Wildman–Crippen MR) is 590 cm³/mol. The highest BCUT2D eigenvalue weighted by Gasteiger charge is 2.52. The van der Waals surface area contributed by atoms with Crippen LogP contribution >= 0.6 is 0 Å². The molecule has 5 aliphatic rings. The number of rotatable bonds is 14. The smallest absolute Gasteiger partial charge is 0.0726 e. The summed E-state index contributed by atoms with van der Waals surface area (Å²) >= 11 is 0. The molecule has 140 heavy (non-hydrogen) atoms. The van der Waals surface area contributed by atoms with Crippen LogP contribution in [0.2, 0.25) is 0 Å². The largest absolute Gasteiger partial charge is 0.310 e. The maximum Gasteiger partial charge on any atom is 0.0726 e. The van der Waals surface area contributed by atoms with Gasteiger partial charge in [-0.15, -0.1) is 0 Å². The van der Waals surface area contributed by atoms with Gasteiger partial charge in [0.2, 0.25) is 0 Å². The van der Waals surface area contributed by atoms with Gasteiger partial charge in [0.15, 0.2) is 0 Å². The van der Waals surface area contributed by atoms with E-state index in [1.807, 2.05) is 0 Å². The Hall–Kier alpha value is -17.0. The molecule has 5 aliphatic carbocycles. The highest BCUT2D eigenvalue weighted by atomic mass is 15.1. The van der Waals surface area contributed by atoms with Gasteiger partial charge in [-0.05, 0) is 331 Å². The molecule has 2 nitrogen and oxygen atoms in total. The lowest BCUT2D eigenvalue weighted by Crippen LogP contribution is -2.26. The number of fused-ring (bicyclic) bond motifs is 21. The van der Waals surface area contributed by atoms with Crippen molar-refractivity contribution in [2.75, 3.05) is 9.80 Å². The van der Waals surface area contributed by atoms with E-state index in [-0.39, 0.29) is 16.2 Å². The number of benzene rings is 22. The van der Waals surface area contributed by atoms with Crippen LogP contribution in [0.25, 0.3) is 166 Å². The van der Waals surface area contributed by atoms with Gasteiger partial charge in [-0.1, -0.05) is 430 Å². The zero-order chi connectivity index (χ0) is 93.7. The molecule has 0 radical (unpaired) electrons. The summed E-state index contributed by atoms with van der Waals surface area (Å²) in [6.45, 7) is 14.4. The van der Waals surface area contributed by atoms with Crippen molar-refractivity contribution in [2.24, 2.45) is 0 Å². The van der Waals surface area contributed by atoms with E-state index >= 15 is 0 Å². The lowest BCUT2D eigenvalue weighted by molar-refractivity contribution is 0.652. The first-order chi connectivity index (χ1) is 68.6. The van der Waals surface area contributed by atoms with E-state index < -0.39 is 5.41 Å². The molecule has 2 heteroatoms. The Morgan fingerprint density at radius 1 is 0.121 bits per heavy atom. The number of nitrogens with zero attached hydrogens (tertiary/aromatic N) is 2. The summed E-state index contributed by atoms with van der Waals surface area (Å²) in [5.41, 5.74) is 52.1. The molecule has 0 aromatic heterocycles. The standard InChI is InChI=1S/C71H47N.C67H53N/c1-3-13-48(14-4-1)51-23-27-53(28-24-51)55-33-38-60(39-34-55)72(61-40-35-56(36-41-61)54-29-25-52(26-30-54)49-15-5-2-6-16-49)62-42-44-66-65-43-37-59(58-32-31-50-17-7-8-18-57(50)45-58)46-69(65)71(70(66)47-62)67-21-11-9-19-63(67)64-20-10-12-22-68(64)71;1-65(2)59-19-13-12-18-53(59)57-40-64-58(41-63(57)65)56-35-32-52(39-62(56)67(64,5)6)68(50-29-26-46(27-30-50)45-22-20-44(21-23-45)42-14-8-7-9-15-42)51-31-34-55-54-33-28-49(37-60(54)66(3,4)61(55)38-51)48-25-24-43-16-10-11-17-47(43)36-48/h1-47H;7-41H,1-6H3. The van der Waals surface area contributed by atoms with Gasteiger partial charge < -0.3 is 9.80 Å². The van der Waals surface area contributed by atoms with E-state index in [1.54, 1.807) is 0 Å². The Bertz CT molecular complexity index is 8510. The van der Waals surface area contributed by atoms with Crippen LogP contribution in [0.5, 0.6) is 0 Å². The molecule has 0 unspecified atom stereocenters. The minimum absolute atomic E-state index is 0.0559. The summed E-state index contributed by atoms with van der Waals surface area (Å²) < 4.78 is 0.